The van der Waals surface area contributed by atoms with E-state index < -0.39 is 5.97 Å². The highest BCUT2D eigenvalue weighted by atomic mass is 32.1. The molecule has 1 atom stereocenters. The summed E-state index contributed by atoms with van der Waals surface area (Å²) in [6.07, 6.45) is 3.09. The fraction of sp³-hybridized carbons (Fsp3) is 0.500. The number of likely N-dealkylation sites (N-methyl/N-ethyl adjacent to an activating group) is 1. The SMILES string of the molecule is CNC1CCc2sc(C(=O)O)cc2C1. The van der Waals surface area contributed by atoms with Crippen LogP contribution in [0.4, 0.5) is 0 Å². The second-order valence-corrected chi connectivity index (χ2v) is 4.73. The first-order chi connectivity index (χ1) is 6.70. The topological polar surface area (TPSA) is 49.3 Å². The molecule has 0 aromatic carbocycles. The Balaban J connectivity index is 2.25. The fourth-order valence-electron chi connectivity index (χ4n) is 1.88. The highest BCUT2D eigenvalue weighted by molar-refractivity contribution is 7.14. The second-order valence-electron chi connectivity index (χ2n) is 3.59. The third-order valence-electron chi connectivity index (χ3n) is 2.70. The molecule has 0 aliphatic heterocycles. The van der Waals surface area contributed by atoms with Crippen LogP contribution in [0.15, 0.2) is 6.07 Å². The molecule has 0 bridgehead atoms. The summed E-state index contributed by atoms with van der Waals surface area (Å²) in [7, 11) is 1.96. The van der Waals surface area contributed by atoms with Crippen LogP contribution in [-0.2, 0) is 12.8 Å². The minimum atomic E-state index is -0.801. The molecule has 0 saturated carbocycles. The Bertz CT molecular complexity index is 359. The van der Waals surface area contributed by atoms with Crippen LogP contribution in [0.2, 0.25) is 0 Å². The van der Waals surface area contributed by atoms with Gasteiger partial charge in [0.1, 0.15) is 4.88 Å². The molecular formula is C10H13NO2S. The van der Waals surface area contributed by atoms with E-state index in [1.807, 2.05) is 13.1 Å². The van der Waals surface area contributed by atoms with Gasteiger partial charge in [-0.25, -0.2) is 4.79 Å². The highest BCUT2D eigenvalue weighted by Gasteiger charge is 2.21. The summed E-state index contributed by atoms with van der Waals surface area (Å²) in [5, 5.41) is 12.1. The lowest BCUT2D eigenvalue weighted by Gasteiger charge is -2.20. The monoisotopic (exact) mass is 211 g/mol. The summed E-state index contributed by atoms with van der Waals surface area (Å²) in [5.74, 6) is -0.801. The van der Waals surface area contributed by atoms with Crippen LogP contribution >= 0.6 is 11.3 Å². The van der Waals surface area contributed by atoms with Crippen LogP contribution in [0.1, 0.15) is 26.5 Å². The van der Waals surface area contributed by atoms with E-state index in [0.29, 0.717) is 10.9 Å². The Morgan fingerprint density at radius 1 is 1.71 bits per heavy atom. The fourth-order valence-corrected chi connectivity index (χ4v) is 2.92. The van der Waals surface area contributed by atoms with Crippen LogP contribution in [0.3, 0.4) is 0 Å². The lowest BCUT2D eigenvalue weighted by Crippen LogP contribution is -2.30. The van der Waals surface area contributed by atoms with E-state index in [-0.39, 0.29) is 0 Å². The van der Waals surface area contributed by atoms with Gasteiger partial charge in [0.05, 0.1) is 0 Å². The lowest BCUT2D eigenvalue weighted by atomic mass is 9.94. The molecule has 4 heteroatoms. The number of rotatable bonds is 2. The number of thiophene rings is 1. The predicted octanol–water partition coefficient (Wildman–Crippen LogP) is 1.52. The number of hydrogen-bond donors (Lipinski definition) is 2. The third kappa shape index (κ3) is 1.67. The quantitative estimate of drug-likeness (QED) is 0.780. The van der Waals surface area contributed by atoms with E-state index in [1.54, 1.807) is 0 Å². The van der Waals surface area contributed by atoms with Gasteiger partial charge in [-0.2, -0.15) is 0 Å². The van der Waals surface area contributed by atoms with E-state index in [2.05, 4.69) is 5.32 Å². The molecular weight excluding hydrogens is 198 g/mol. The first-order valence-electron chi connectivity index (χ1n) is 4.73. The van der Waals surface area contributed by atoms with Crippen molar-refractivity contribution in [3.63, 3.8) is 0 Å². The molecule has 0 saturated heterocycles. The maximum atomic E-state index is 10.8. The summed E-state index contributed by atoms with van der Waals surface area (Å²) in [6, 6.07) is 2.34. The van der Waals surface area contributed by atoms with Gasteiger partial charge in [-0.05, 0) is 37.9 Å². The minimum Gasteiger partial charge on any atom is -0.477 e. The Labute approximate surface area is 86.8 Å². The lowest BCUT2D eigenvalue weighted by molar-refractivity contribution is 0.0702. The number of aromatic carboxylic acids is 1. The summed E-state index contributed by atoms with van der Waals surface area (Å²) in [6.45, 7) is 0. The number of carbonyl (C=O) groups is 1. The Morgan fingerprint density at radius 3 is 3.14 bits per heavy atom. The van der Waals surface area contributed by atoms with Gasteiger partial charge in [0.25, 0.3) is 0 Å². The second kappa shape index (κ2) is 3.71. The van der Waals surface area contributed by atoms with E-state index in [0.717, 1.165) is 19.3 Å². The smallest absolute Gasteiger partial charge is 0.345 e. The van der Waals surface area contributed by atoms with Crippen molar-refractivity contribution < 1.29 is 9.90 Å². The minimum absolute atomic E-state index is 0.478. The molecule has 0 radical (unpaired) electrons. The Hall–Kier alpha value is -0.870. The van der Waals surface area contributed by atoms with Gasteiger partial charge in [-0.3, -0.25) is 0 Å². The van der Waals surface area contributed by atoms with Crippen molar-refractivity contribution in [2.75, 3.05) is 7.05 Å². The zero-order valence-corrected chi connectivity index (χ0v) is 8.86. The maximum absolute atomic E-state index is 10.8. The summed E-state index contributed by atoms with van der Waals surface area (Å²) >= 11 is 1.43. The van der Waals surface area contributed by atoms with Gasteiger partial charge in [0.15, 0.2) is 0 Å². The van der Waals surface area contributed by atoms with Crippen LogP contribution < -0.4 is 5.32 Å². The average Bonchev–Trinajstić information content (AvgIpc) is 2.59. The Kier molecular flexibility index (Phi) is 2.56. The van der Waals surface area contributed by atoms with Crippen molar-refractivity contribution in [1.82, 2.24) is 5.32 Å². The van der Waals surface area contributed by atoms with E-state index in [1.165, 1.54) is 21.8 Å². The number of hydrogen-bond acceptors (Lipinski definition) is 3. The molecule has 1 aliphatic carbocycles. The van der Waals surface area contributed by atoms with Crippen molar-refractivity contribution in [2.24, 2.45) is 0 Å². The summed E-state index contributed by atoms with van der Waals surface area (Å²) in [4.78, 5) is 12.5. The van der Waals surface area contributed by atoms with Gasteiger partial charge in [0, 0.05) is 10.9 Å². The molecule has 1 unspecified atom stereocenters. The number of aryl methyl sites for hydroxylation is 1. The molecule has 3 nitrogen and oxygen atoms in total. The van der Waals surface area contributed by atoms with E-state index in [9.17, 15) is 4.79 Å². The number of fused-ring (bicyclic) bond motifs is 1. The van der Waals surface area contributed by atoms with E-state index in [4.69, 9.17) is 5.11 Å². The van der Waals surface area contributed by atoms with Crippen LogP contribution in [0.5, 0.6) is 0 Å². The average molecular weight is 211 g/mol. The van der Waals surface area contributed by atoms with Crippen LogP contribution in [0.25, 0.3) is 0 Å². The first-order valence-corrected chi connectivity index (χ1v) is 5.54. The first kappa shape index (κ1) is 9.68. The van der Waals surface area contributed by atoms with Crippen molar-refractivity contribution >= 4 is 17.3 Å². The Morgan fingerprint density at radius 2 is 2.50 bits per heavy atom. The molecule has 2 N–H and O–H groups in total. The van der Waals surface area contributed by atoms with Gasteiger partial charge in [0.2, 0.25) is 0 Å². The molecule has 2 rings (SSSR count). The molecule has 0 spiro atoms. The zero-order chi connectivity index (χ0) is 10.1. The van der Waals surface area contributed by atoms with Crippen molar-refractivity contribution in [3.05, 3.63) is 21.4 Å². The molecule has 76 valence electrons. The van der Waals surface area contributed by atoms with Gasteiger partial charge in [-0.1, -0.05) is 0 Å². The van der Waals surface area contributed by atoms with Gasteiger partial charge in [-0.15, -0.1) is 11.3 Å². The molecule has 0 amide bonds. The summed E-state index contributed by atoms with van der Waals surface area (Å²) in [5.41, 5.74) is 1.22. The number of carboxylic acid groups (broad SMARTS) is 1. The number of nitrogens with one attached hydrogen (secondary N) is 1. The van der Waals surface area contributed by atoms with Crippen LogP contribution in [0, 0.1) is 0 Å². The van der Waals surface area contributed by atoms with Crippen molar-refractivity contribution in [3.8, 4) is 0 Å². The standard InChI is InChI=1S/C10H13NO2S/c1-11-7-2-3-8-6(4-7)5-9(14-8)10(12)13/h5,7,11H,2-4H2,1H3,(H,12,13). The molecule has 1 aromatic rings. The normalized spacial score (nSPS) is 20.5. The predicted molar refractivity (Wildman–Crippen MR) is 56.2 cm³/mol. The van der Waals surface area contributed by atoms with Gasteiger partial charge >= 0.3 is 5.97 Å². The van der Waals surface area contributed by atoms with Gasteiger partial charge < -0.3 is 10.4 Å². The molecule has 0 fully saturated rings. The van der Waals surface area contributed by atoms with Crippen LogP contribution in [-0.4, -0.2) is 24.2 Å². The molecule has 1 heterocycles. The van der Waals surface area contributed by atoms with E-state index >= 15 is 0 Å². The molecule has 14 heavy (non-hydrogen) atoms. The zero-order valence-electron chi connectivity index (χ0n) is 8.04. The van der Waals surface area contributed by atoms with Crippen molar-refractivity contribution in [1.29, 1.82) is 0 Å². The maximum Gasteiger partial charge on any atom is 0.345 e. The molecule has 1 aliphatic rings. The highest BCUT2D eigenvalue weighted by Crippen LogP contribution is 2.29. The number of carboxylic acids is 1. The van der Waals surface area contributed by atoms with Crippen molar-refractivity contribution in [2.45, 2.75) is 25.3 Å². The summed E-state index contributed by atoms with van der Waals surface area (Å²) < 4.78 is 0. The third-order valence-corrected chi connectivity index (χ3v) is 3.93. The largest absolute Gasteiger partial charge is 0.477 e. The molecule has 1 aromatic heterocycles.